The molecule has 3 aromatic rings. The van der Waals surface area contributed by atoms with E-state index in [0.29, 0.717) is 24.7 Å². The molecule has 1 saturated heterocycles. The number of ether oxygens (including phenoxy) is 1. The molecular weight excluding hydrogens is 366 g/mol. The highest BCUT2D eigenvalue weighted by Crippen LogP contribution is 2.33. The summed E-state index contributed by atoms with van der Waals surface area (Å²) in [7, 11) is 0. The van der Waals surface area contributed by atoms with E-state index in [0.717, 1.165) is 35.5 Å². The third kappa shape index (κ3) is 4.23. The first kappa shape index (κ1) is 19.0. The average molecular weight is 389 g/mol. The fraction of sp³-hybridized carbons (Fsp3) is 0.318. The van der Waals surface area contributed by atoms with Gasteiger partial charge in [0.15, 0.2) is 0 Å². The number of hydrogen-bond acceptors (Lipinski definition) is 6. The number of hydrogen-bond donors (Lipinski definition) is 0. The van der Waals surface area contributed by atoms with Crippen LogP contribution < -0.4 is 4.74 Å². The molecule has 1 unspecified atom stereocenters. The minimum absolute atomic E-state index is 0.0545. The van der Waals surface area contributed by atoms with E-state index in [9.17, 15) is 4.79 Å². The molecule has 0 aliphatic carbocycles. The summed E-state index contributed by atoms with van der Waals surface area (Å²) in [4.78, 5) is 32.1. The topological polar surface area (TPSA) is 81.1 Å². The Morgan fingerprint density at radius 1 is 1.07 bits per heavy atom. The summed E-state index contributed by atoms with van der Waals surface area (Å²) >= 11 is 0. The summed E-state index contributed by atoms with van der Waals surface area (Å²) < 4.78 is 6.09. The van der Waals surface area contributed by atoms with Gasteiger partial charge in [-0.1, -0.05) is 18.2 Å². The quantitative estimate of drug-likeness (QED) is 0.677. The SMILES string of the molecule is Cc1cnc(C(=O)N2CCCC(c3nccnc3Oc3ccccc3C)C2)cn1. The fourth-order valence-corrected chi connectivity index (χ4v) is 3.52. The lowest BCUT2D eigenvalue weighted by Crippen LogP contribution is -2.39. The van der Waals surface area contributed by atoms with Crippen molar-refractivity contribution in [3.8, 4) is 11.6 Å². The molecular formula is C22H23N5O2. The summed E-state index contributed by atoms with van der Waals surface area (Å²) in [6.07, 6.45) is 8.26. The predicted octanol–water partition coefficient (Wildman–Crippen LogP) is 3.70. The number of para-hydroxylation sites is 1. The first-order valence-corrected chi connectivity index (χ1v) is 9.74. The molecule has 1 fully saturated rings. The molecule has 1 amide bonds. The van der Waals surface area contributed by atoms with Gasteiger partial charge < -0.3 is 9.64 Å². The second-order valence-corrected chi connectivity index (χ2v) is 7.25. The first-order chi connectivity index (χ1) is 14.1. The molecule has 0 saturated carbocycles. The van der Waals surface area contributed by atoms with Gasteiger partial charge in [-0.15, -0.1) is 0 Å². The summed E-state index contributed by atoms with van der Waals surface area (Å²) in [6.45, 7) is 5.09. The molecule has 2 aromatic heterocycles. The fourth-order valence-electron chi connectivity index (χ4n) is 3.52. The Morgan fingerprint density at radius 2 is 1.90 bits per heavy atom. The van der Waals surface area contributed by atoms with E-state index >= 15 is 0 Å². The van der Waals surface area contributed by atoms with Gasteiger partial charge in [-0.2, -0.15) is 0 Å². The van der Waals surface area contributed by atoms with Gasteiger partial charge in [0.1, 0.15) is 17.1 Å². The van der Waals surface area contributed by atoms with Gasteiger partial charge in [0.05, 0.1) is 11.9 Å². The van der Waals surface area contributed by atoms with E-state index in [1.807, 2.05) is 43.0 Å². The number of carbonyl (C=O) groups is 1. The number of benzene rings is 1. The van der Waals surface area contributed by atoms with Crippen LogP contribution in [0.15, 0.2) is 49.1 Å². The number of likely N-dealkylation sites (tertiary alicyclic amines) is 1. The third-order valence-electron chi connectivity index (χ3n) is 5.09. The second-order valence-electron chi connectivity index (χ2n) is 7.25. The van der Waals surface area contributed by atoms with Crippen LogP contribution in [0.5, 0.6) is 11.6 Å². The van der Waals surface area contributed by atoms with Crippen LogP contribution in [0.1, 0.15) is 46.2 Å². The van der Waals surface area contributed by atoms with Gasteiger partial charge >= 0.3 is 0 Å². The maximum Gasteiger partial charge on any atom is 0.274 e. The monoisotopic (exact) mass is 389 g/mol. The molecule has 1 aromatic carbocycles. The van der Waals surface area contributed by atoms with Crippen LogP contribution in [0.25, 0.3) is 0 Å². The zero-order valence-corrected chi connectivity index (χ0v) is 16.6. The molecule has 7 heteroatoms. The van der Waals surface area contributed by atoms with E-state index in [-0.39, 0.29) is 11.8 Å². The zero-order valence-electron chi connectivity index (χ0n) is 16.6. The highest BCUT2D eigenvalue weighted by Gasteiger charge is 2.29. The summed E-state index contributed by atoms with van der Waals surface area (Å²) in [5.74, 6) is 1.20. The highest BCUT2D eigenvalue weighted by atomic mass is 16.5. The molecule has 4 rings (SSSR count). The van der Waals surface area contributed by atoms with Crippen LogP contribution >= 0.6 is 0 Å². The Labute approximate surface area is 169 Å². The van der Waals surface area contributed by atoms with Gasteiger partial charge in [0.25, 0.3) is 5.91 Å². The van der Waals surface area contributed by atoms with Crippen molar-refractivity contribution in [1.29, 1.82) is 0 Å². The zero-order chi connectivity index (χ0) is 20.2. The van der Waals surface area contributed by atoms with Gasteiger partial charge in [0, 0.05) is 37.6 Å². The van der Waals surface area contributed by atoms with Gasteiger partial charge in [-0.3, -0.25) is 14.8 Å². The Kier molecular flexibility index (Phi) is 5.46. The summed E-state index contributed by atoms with van der Waals surface area (Å²) in [5.41, 5.74) is 2.97. The van der Waals surface area contributed by atoms with Crippen LogP contribution in [-0.4, -0.2) is 43.8 Å². The van der Waals surface area contributed by atoms with Gasteiger partial charge in [0.2, 0.25) is 5.88 Å². The third-order valence-corrected chi connectivity index (χ3v) is 5.09. The molecule has 7 nitrogen and oxygen atoms in total. The number of nitrogens with zero attached hydrogens (tertiary/aromatic N) is 5. The molecule has 0 bridgehead atoms. The lowest BCUT2D eigenvalue weighted by atomic mass is 9.94. The number of carbonyl (C=O) groups excluding carboxylic acids is 1. The van der Waals surface area contributed by atoms with Crippen LogP contribution in [0.2, 0.25) is 0 Å². The molecule has 1 atom stereocenters. The molecule has 1 aliphatic rings. The molecule has 0 radical (unpaired) electrons. The largest absolute Gasteiger partial charge is 0.437 e. The van der Waals surface area contributed by atoms with Crippen molar-refractivity contribution in [2.45, 2.75) is 32.6 Å². The maximum atomic E-state index is 12.9. The Hall–Kier alpha value is -3.35. The van der Waals surface area contributed by atoms with Crippen molar-refractivity contribution in [2.24, 2.45) is 0 Å². The minimum atomic E-state index is -0.104. The average Bonchev–Trinajstić information content (AvgIpc) is 2.76. The Balaban J connectivity index is 1.55. The Morgan fingerprint density at radius 3 is 2.69 bits per heavy atom. The van der Waals surface area contributed by atoms with E-state index in [2.05, 4.69) is 19.9 Å². The molecule has 148 valence electrons. The Bertz CT molecular complexity index is 1010. The van der Waals surface area contributed by atoms with Crippen molar-refractivity contribution < 1.29 is 9.53 Å². The molecule has 3 heterocycles. The smallest absolute Gasteiger partial charge is 0.274 e. The molecule has 0 N–H and O–H groups in total. The number of piperidine rings is 1. The van der Waals surface area contributed by atoms with E-state index < -0.39 is 0 Å². The summed E-state index contributed by atoms with van der Waals surface area (Å²) in [6, 6.07) is 7.82. The van der Waals surface area contributed by atoms with E-state index in [4.69, 9.17) is 4.74 Å². The number of aryl methyl sites for hydroxylation is 2. The lowest BCUT2D eigenvalue weighted by molar-refractivity contribution is 0.0698. The molecule has 0 spiro atoms. The van der Waals surface area contributed by atoms with Gasteiger partial charge in [-0.05, 0) is 38.3 Å². The normalized spacial score (nSPS) is 16.5. The minimum Gasteiger partial charge on any atom is -0.437 e. The lowest BCUT2D eigenvalue weighted by Gasteiger charge is -2.32. The van der Waals surface area contributed by atoms with Crippen molar-refractivity contribution in [3.05, 3.63) is 71.7 Å². The number of rotatable bonds is 4. The number of amides is 1. The molecule has 29 heavy (non-hydrogen) atoms. The van der Waals surface area contributed by atoms with Crippen molar-refractivity contribution >= 4 is 5.91 Å². The number of aromatic nitrogens is 4. The predicted molar refractivity (Wildman–Crippen MR) is 108 cm³/mol. The first-order valence-electron chi connectivity index (χ1n) is 9.74. The standard InChI is InChI=1S/C22H23N5O2/c1-15-6-3-4-8-19(15)29-21-20(23-9-10-24-21)17-7-5-11-27(14-17)22(28)18-13-25-16(2)12-26-18/h3-4,6,8-10,12-13,17H,5,7,11,14H2,1-2H3. The summed E-state index contributed by atoms with van der Waals surface area (Å²) in [5, 5.41) is 0. The van der Waals surface area contributed by atoms with Gasteiger partial charge in [-0.25, -0.2) is 9.97 Å². The van der Waals surface area contributed by atoms with Crippen LogP contribution in [-0.2, 0) is 0 Å². The van der Waals surface area contributed by atoms with Crippen molar-refractivity contribution in [1.82, 2.24) is 24.8 Å². The van der Waals surface area contributed by atoms with Crippen molar-refractivity contribution in [2.75, 3.05) is 13.1 Å². The van der Waals surface area contributed by atoms with Crippen molar-refractivity contribution in [3.63, 3.8) is 0 Å². The van der Waals surface area contributed by atoms with E-state index in [1.165, 1.54) is 6.20 Å². The van der Waals surface area contributed by atoms with E-state index in [1.54, 1.807) is 18.6 Å². The van der Waals surface area contributed by atoms with Crippen LogP contribution in [0.4, 0.5) is 0 Å². The molecule has 1 aliphatic heterocycles. The van der Waals surface area contributed by atoms with Crippen LogP contribution in [0.3, 0.4) is 0 Å². The second kappa shape index (κ2) is 8.34. The maximum absolute atomic E-state index is 12.9. The highest BCUT2D eigenvalue weighted by molar-refractivity contribution is 5.92. The van der Waals surface area contributed by atoms with Crippen LogP contribution in [0, 0.1) is 13.8 Å².